The van der Waals surface area contributed by atoms with Gasteiger partial charge in [0.1, 0.15) is 0 Å². The maximum absolute atomic E-state index is 5.40. The molecule has 0 bridgehead atoms. The van der Waals surface area contributed by atoms with E-state index in [1.54, 1.807) is 0 Å². The summed E-state index contributed by atoms with van der Waals surface area (Å²) in [6.07, 6.45) is 0. The van der Waals surface area contributed by atoms with Gasteiger partial charge in [-0.15, -0.1) is 0 Å². The Morgan fingerprint density at radius 1 is 1.11 bits per heavy atom. The first kappa shape index (κ1) is 21.7. The van der Waals surface area contributed by atoms with Crippen molar-refractivity contribution in [2.24, 2.45) is 4.99 Å². The van der Waals surface area contributed by atoms with Gasteiger partial charge in [0.15, 0.2) is 5.96 Å². The fourth-order valence-electron chi connectivity index (χ4n) is 3.20. The maximum atomic E-state index is 5.40. The Balaban J connectivity index is 1.85. The summed E-state index contributed by atoms with van der Waals surface area (Å²) in [6, 6.07) is 8.78. The van der Waals surface area contributed by atoms with Crippen LogP contribution in [-0.2, 0) is 17.8 Å². The van der Waals surface area contributed by atoms with Crippen molar-refractivity contribution in [3.8, 4) is 0 Å². The summed E-state index contributed by atoms with van der Waals surface area (Å²) < 4.78 is 5.40. The largest absolute Gasteiger partial charge is 0.379 e. The van der Waals surface area contributed by atoms with Crippen LogP contribution in [0.15, 0.2) is 29.3 Å². The monoisotopic (exact) mass is 375 g/mol. The molecule has 0 spiro atoms. The minimum absolute atomic E-state index is 0.693. The molecule has 6 heteroatoms. The average Bonchev–Trinajstić information content (AvgIpc) is 2.71. The fraction of sp³-hybridized carbons (Fsp3) is 0.667. The highest BCUT2D eigenvalue weighted by atomic mass is 16.5. The van der Waals surface area contributed by atoms with Gasteiger partial charge < -0.3 is 15.4 Å². The summed E-state index contributed by atoms with van der Waals surface area (Å²) in [5.41, 5.74) is 2.61. The van der Waals surface area contributed by atoms with Crippen LogP contribution in [0.2, 0.25) is 0 Å². The van der Waals surface area contributed by atoms with Crippen molar-refractivity contribution in [1.82, 2.24) is 20.4 Å². The minimum atomic E-state index is 0.693. The molecule has 1 saturated heterocycles. The van der Waals surface area contributed by atoms with Crippen LogP contribution in [0.1, 0.15) is 31.9 Å². The molecule has 1 aromatic rings. The molecule has 0 amide bonds. The maximum Gasteiger partial charge on any atom is 0.191 e. The van der Waals surface area contributed by atoms with Gasteiger partial charge in [-0.05, 0) is 31.1 Å². The summed E-state index contributed by atoms with van der Waals surface area (Å²) in [4.78, 5) is 9.62. The van der Waals surface area contributed by atoms with Crippen molar-refractivity contribution in [3.05, 3.63) is 35.4 Å². The van der Waals surface area contributed by atoms with E-state index in [1.165, 1.54) is 11.1 Å². The van der Waals surface area contributed by atoms with Crippen molar-refractivity contribution in [3.63, 3.8) is 0 Å². The van der Waals surface area contributed by atoms with Gasteiger partial charge in [-0.3, -0.25) is 9.80 Å². The molecule has 0 saturated carbocycles. The molecular formula is C21H37N5O. The molecule has 0 aromatic heterocycles. The number of nitrogens with one attached hydrogen (secondary N) is 2. The van der Waals surface area contributed by atoms with Crippen LogP contribution in [0.3, 0.4) is 0 Å². The lowest BCUT2D eigenvalue weighted by Gasteiger charge is -2.26. The molecule has 0 aliphatic carbocycles. The topological polar surface area (TPSA) is 52.1 Å². The van der Waals surface area contributed by atoms with Crippen LogP contribution in [0, 0.1) is 0 Å². The lowest BCUT2D eigenvalue weighted by Crippen LogP contribution is -2.44. The number of nitrogens with zero attached hydrogens (tertiary/aromatic N) is 3. The van der Waals surface area contributed by atoms with Gasteiger partial charge in [0.25, 0.3) is 0 Å². The van der Waals surface area contributed by atoms with E-state index in [-0.39, 0.29) is 0 Å². The molecule has 2 N–H and O–H groups in total. The van der Waals surface area contributed by atoms with Crippen molar-refractivity contribution in [1.29, 1.82) is 0 Å². The van der Waals surface area contributed by atoms with Gasteiger partial charge in [0.05, 0.1) is 19.8 Å². The van der Waals surface area contributed by atoms with Gasteiger partial charge in [-0.1, -0.05) is 38.1 Å². The molecule has 1 aliphatic heterocycles. The van der Waals surface area contributed by atoms with Gasteiger partial charge in [-0.2, -0.15) is 0 Å². The molecule has 0 unspecified atom stereocenters. The Morgan fingerprint density at radius 2 is 1.85 bits per heavy atom. The third-order valence-corrected chi connectivity index (χ3v) is 4.88. The summed E-state index contributed by atoms with van der Waals surface area (Å²) in [6.45, 7) is 16.9. The second-order valence-electron chi connectivity index (χ2n) is 6.86. The number of ether oxygens (including phenoxy) is 1. The molecular weight excluding hydrogens is 338 g/mol. The van der Waals surface area contributed by atoms with Crippen molar-refractivity contribution < 1.29 is 4.74 Å². The van der Waals surface area contributed by atoms with E-state index in [9.17, 15) is 0 Å². The molecule has 6 nitrogen and oxygen atoms in total. The summed E-state index contributed by atoms with van der Waals surface area (Å²) in [5, 5.41) is 6.79. The molecule has 1 aromatic carbocycles. The molecule has 152 valence electrons. The minimum Gasteiger partial charge on any atom is -0.379 e. The van der Waals surface area contributed by atoms with Crippen molar-refractivity contribution in [2.45, 2.75) is 33.9 Å². The molecule has 1 aliphatic rings. The number of benzene rings is 1. The van der Waals surface area contributed by atoms with Crippen LogP contribution in [0.25, 0.3) is 0 Å². The Kier molecular flexibility index (Phi) is 10.2. The van der Waals surface area contributed by atoms with E-state index in [0.717, 1.165) is 71.5 Å². The van der Waals surface area contributed by atoms with E-state index in [4.69, 9.17) is 9.73 Å². The van der Waals surface area contributed by atoms with Crippen LogP contribution >= 0.6 is 0 Å². The van der Waals surface area contributed by atoms with E-state index >= 15 is 0 Å². The molecule has 0 radical (unpaired) electrons. The Labute approximate surface area is 165 Å². The van der Waals surface area contributed by atoms with Crippen molar-refractivity contribution >= 4 is 5.96 Å². The van der Waals surface area contributed by atoms with Gasteiger partial charge in [0, 0.05) is 39.3 Å². The van der Waals surface area contributed by atoms with Crippen LogP contribution in [0.4, 0.5) is 0 Å². The quantitative estimate of drug-likeness (QED) is 0.483. The Morgan fingerprint density at radius 3 is 2.56 bits per heavy atom. The molecule has 1 fully saturated rings. The molecule has 1 heterocycles. The lowest BCUT2D eigenvalue weighted by molar-refractivity contribution is 0.0389. The van der Waals surface area contributed by atoms with E-state index in [0.29, 0.717) is 6.54 Å². The number of rotatable bonds is 10. The van der Waals surface area contributed by atoms with E-state index in [1.807, 2.05) is 0 Å². The first-order valence-corrected chi connectivity index (χ1v) is 10.4. The van der Waals surface area contributed by atoms with Crippen LogP contribution in [0.5, 0.6) is 0 Å². The van der Waals surface area contributed by atoms with Crippen molar-refractivity contribution in [2.75, 3.05) is 59.0 Å². The van der Waals surface area contributed by atoms with Crippen LogP contribution < -0.4 is 10.6 Å². The number of hydrogen-bond acceptors (Lipinski definition) is 4. The predicted molar refractivity (Wildman–Crippen MR) is 113 cm³/mol. The summed E-state index contributed by atoms with van der Waals surface area (Å²) in [7, 11) is 0. The Hall–Kier alpha value is -1.63. The van der Waals surface area contributed by atoms with E-state index in [2.05, 4.69) is 65.5 Å². The summed E-state index contributed by atoms with van der Waals surface area (Å²) in [5.74, 6) is 0.889. The average molecular weight is 376 g/mol. The second-order valence-corrected chi connectivity index (χ2v) is 6.86. The highest BCUT2D eigenvalue weighted by molar-refractivity contribution is 5.79. The first-order valence-electron chi connectivity index (χ1n) is 10.4. The molecule has 2 rings (SSSR count). The van der Waals surface area contributed by atoms with Gasteiger partial charge in [0.2, 0.25) is 0 Å². The lowest BCUT2D eigenvalue weighted by atomic mass is 10.1. The van der Waals surface area contributed by atoms with Crippen LogP contribution in [-0.4, -0.2) is 74.8 Å². The number of guanidine groups is 1. The smallest absolute Gasteiger partial charge is 0.191 e. The number of hydrogen-bond donors (Lipinski definition) is 2. The summed E-state index contributed by atoms with van der Waals surface area (Å²) >= 11 is 0. The van der Waals surface area contributed by atoms with Gasteiger partial charge >= 0.3 is 0 Å². The number of morpholine rings is 1. The predicted octanol–water partition coefficient (Wildman–Crippen LogP) is 1.92. The second kappa shape index (κ2) is 12.7. The fourth-order valence-corrected chi connectivity index (χ4v) is 3.20. The third kappa shape index (κ3) is 8.28. The highest BCUT2D eigenvalue weighted by Crippen LogP contribution is 2.09. The third-order valence-electron chi connectivity index (χ3n) is 4.88. The zero-order valence-electron chi connectivity index (χ0n) is 17.3. The molecule has 0 atom stereocenters. The first-order chi connectivity index (χ1) is 13.2. The Bertz CT molecular complexity index is 553. The normalized spacial score (nSPS) is 15.9. The highest BCUT2D eigenvalue weighted by Gasteiger charge is 2.09. The SMILES string of the molecule is CCNC(=NCc1cccc(CN(CC)CC)c1)NCCN1CCOCC1. The zero-order valence-corrected chi connectivity index (χ0v) is 17.3. The molecule has 27 heavy (non-hydrogen) atoms. The number of aliphatic imine (C=N–C) groups is 1. The van der Waals surface area contributed by atoms with Gasteiger partial charge in [-0.25, -0.2) is 4.99 Å². The zero-order chi connectivity index (χ0) is 19.3. The van der Waals surface area contributed by atoms with E-state index < -0.39 is 0 Å². The standard InChI is InChI=1S/C21H37N5O/c1-4-22-21(23-10-11-26-12-14-27-15-13-26)24-17-19-8-7-9-20(16-19)18-25(5-2)6-3/h7-9,16H,4-6,10-15,17-18H2,1-3H3,(H2,22,23,24).